The molecule has 1 nitrogen and oxygen atoms in total. The number of halogens is 2. The van der Waals surface area contributed by atoms with E-state index < -0.39 is 0 Å². The molecule has 0 radical (unpaired) electrons. The van der Waals surface area contributed by atoms with Gasteiger partial charge in [-0.2, -0.15) is 4.39 Å². The Morgan fingerprint density at radius 1 is 1.41 bits per heavy atom. The topological polar surface area (TPSA) is 3.24 Å². The second-order valence-electron chi connectivity index (χ2n) is 4.26. The molecule has 0 heterocycles. The molecule has 0 aromatic rings. The van der Waals surface area contributed by atoms with Crippen molar-refractivity contribution in [2.75, 3.05) is 13.6 Å². The first-order valence-electron chi connectivity index (χ1n) is 6.01. The summed E-state index contributed by atoms with van der Waals surface area (Å²) in [7, 11) is 2.07. The second-order valence-corrected chi connectivity index (χ2v) is 5.91. The minimum absolute atomic E-state index is 0.294. The largest absolute Gasteiger partial charge is 0.251 e. The van der Waals surface area contributed by atoms with Crippen LogP contribution < -0.4 is 0 Å². The van der Waals surface area contributed by atoms with Gasteiger partial charge in [0.25, 0.3) is 0 Å². The van der Waals surface area contributed by atoms with Gasteiger partial charge < -0.3 is 0 Å². The Bertz CT molecular complexity index is 362. The Kier molecular flexibility index (Phi) is 6.78. The Balaban J connectivity index is 2.68. The second kappa shape index (κ2) is 7.85. The lowest BCUT2D eigenvalue weighted by Gasteiger charge is -2.19. The molecule has 0 saturated carbocycles. The van der Waals surface area contributed by atoms with E-state index in [1.165, 1.54) is 11.6 Å². The third kappa shape index (κ3) is 5.66. The van der Waals surface area contributed by atoms with Gasteiger partial charge in [-0.1, -0.05) is 31.2 Å². The normalized spacial score (nSPS) is 16.8. The van der Waals surface area contributed by atoms with Crippen molar-refractivity contribution < 1.29 is 4.39 Å². The van der Waals surface area contributed by atoms with Crippen molar-refractivity contribution in [2.45, 2.75) is 26.2 Å². The van der Waals surface area contributed by atoms with Gasteiger partial charge in [0.15, 0.2) is 5.83 Å². The maximum atomic E-state index is 13.0. The fourth-order valence-corrected chi connectivity index (χ4v) is 2.20. The van der Waals surface area contributed by atoms with Crippen LogP contribution >= 0.6 is 22.9 Å². The first kappa shape index (κ1) is 14.7. The summed E-state index contributed by atoms with van der Waals surface area (Å²) >= 11 is 2.30. The van der Waals surface area contributed by atoms with Gasteiger partial charge in [0.2, 0.25) is 0 Å². The summed E-state index contributed by atoms with van der Waals surface area (Å²) in [4.78, 5) is 0. The Hall–Kier alpha value is -0.380. The highest BCUT2D eigenvalue weighted by molar-refractivity contribution is 14.1. The van der Waals surface area contributed by atoms with E-state index in [0.717, 1.165) is 25.8 Å². The lowest BCUT2D eigenvalue weighted by atomic mass is 9.90. The van der Waals surface area contributed by atoms with Gasteiger partial charge in [-0.25, -0.2) is 0 Å². The molecule has 0 aromatic heterocycles. The summed E-state index contributed by atoms with van der Waals surface area (Å²) < 4.78 is 15.2. The summed E-state index contributed by atoms with van der Waals surface area (Å²) in [6.45, 7) is 3.24. The zero-order chi connectivity index (χ0) is 12.7. The highest BCUT2D eigenvalue weighted by atomic mass is 127. The van der Waals surface area contributed by atoms with E-state index in [-0.39, 0.29) is 5.83 Å². The summed E-state index contributed by atoms with van der Waals surface area (Å²) in [5, 5.41) is 0. The van der Waals surface area contributed by atoms with Crippen LogP contribution in [-0.2, 0) is 0 Å². The lowest BCUT2D eigenvalue weighted by molar-refractivity contribution is 0.462. The molecule has 0 aromatic carbocycles. The van der Waals surface area contributed by atoms with Crippen molar-refractivity contribution in [2.24, 2.45) is 5.92 Å². The van der Waals surface area contributed by atoms with Gasteiger partial charge in [-0.05, 0) is 43.5 Å². The monoisotopic (exact) mass is 347 g/mol. The molecule has 1 rings (SSSR count). The van der Waals surface area contributed by atoms with Crippen LogP contribution in [0.25, 0.3) is 0 Å². The van der Waals surface area contributed by atoms with E-state index in [2.05, 4.69) is 45.7 Å². The maximum Gasteiger partial charge on any atom is 0.165 e. The van der Waals surface area contributed by atoms with Gasteiger partial charge in [0.1, 0.15) is 0 Å². The SMILES string of the molecule is CCC[C@H](CCN(C)I)C1=CC=C=C(F)C=C1. The molecule has 3 heteroatoms. The molecule has 0 unspecified atom stereocenters. The van der Waals surface area contributed by atoms with Crippen molar-refractivity contribution in [3.8, 4) is 0 Å². The van der Waals surface area contributed by atoms with Gasteiger partial charge in [-0.15, -0.1) is 0 Å². The van der Waals surface area contributed by atoms with Crippen LogP contribution in [0, 0.1) is 5.92 Å². The average molecular weight is 347 g/mol. The lowest BCUT2D eigenvalue weighted by Crippen LogP contribution is -2.13. The first-order valence-corrected chi connectivity index (χ1v) is 6.97. The fraction of sp³-hybridized carbons (Fsp3) is 0.500. The Morgan fingerprint density at radius 2 is 2.18 bits per heavy atom. The van der Waals surface area contributed by atoms with Crippen LogP contribution in [0.4, 0.5) is 4.39 Å². The van der Waals surface area contributed by atoms with Crippen LogP contribution in [0.2, 0.25) is 0 Å². The van der Waals surface area contributed by atoms with Crippen molar-refractivity contribution in [1.29, 1.82) is 0 Å². The smallest absolute Gasteiger partial charge is 0.165 e. The number of rotatable bonds is 6. The standard InChI is InChI=1S/C14H19FIN/c1-3-5-12(10-11-17(2)16)13-6-4-7-14(15)9-8-13/h4,6,8-9,12H,3,5,10-11H2,1-2H3/t12-/m1/s1. The van der Waals surface area contributed by atoms with E-state index in [0.29, 0.717) is 5.92 Å². The molecule has 1 aliphatic carbocycles. The number of nitrogens with zero attached hydrogens (tertiary/aromatic N) is 1. The molecule has 0 fully saturated rings. The fourth-order valence-electron chi connectivity index (χ4n) is 1.92. The van der Waals surface area contributed by atoms with Crippen LogP contribution in [0.5, 0.6) is 0 Å². The average Bonchev–Trinajstić information content (AvgIpc) is 2.49. The van der Waals surface area contributed by atoms with Crippen LogP contribution in [0.1, 0.15) is 26.2 Å². The summed E-state index contributed by atoms with van der Waals surface area (Å²) in [5.41, 5.74) is 3.80. The van der Waals surface area contributed by atoms with E-state index in [4.69, 9.17) is 0 Å². The van der Waals surface area contributed by atoms with Crippen molar-refractivity contribution in [1.82, 2.24) is 3.11 Å². The predicted molar refractivity (Wildman–Crippen MR) is 79.6 cm³/mol. The molecule has 94 valence electrons. The highest BCUT2D eigenvalue weighted by Crippen LogP contribution is 2.24. The van der Waals surface area contributed by atoms with Gasteiger partial charge in [0.05, 0.1) is 0 Å². The number of allylic oxidation sites excluding steroid dienone is 5. The van der Waals surface area contributed by atoms with Crippen molar-refractivity contribution in [3.05, 3.63) is 41.4 Å². The van der Waals surface area contributed by atoms with Crippen molar-refractivity contribution >= 4 is 22.9 Å². The van der Waals surface area contributed by atoms with Crippen LogP contribution in [0.3, 0.4) is 0 Å². The molecule has 0 N–H and O–H groups in total. The van der Waals surface area contributed by atoms with Gasteiger partial charge in [-0.3, -0.25) is 3.11 Å². The van der Waals surface area contributed by atoms with E-state index in [1.54, 1.807) is 6.08 Å². The minimum atomic E-state index is -0.294. The van der Waals surface area contributed by atoms with Gasteiger partial charge >= 0.3 is 0 Å². The predicted octanol–water partition coefficient (Wildman–Crippen LogP) is 4.58. The summed E-state index contributed by atoms with van der Waals surface area (Å²) in [6.07, 6.45) is 10.5. The van der Waals surface area contributed by atoms with Gasteiger partial charge in [0, 0.05) is 29.4 Å². The molecule has 0 amide bonds. The van der Waals surface area contributed by atoms with E-state index in [1.807, 2.05) is 12.2 Å². The molecule has 0 spiro atoms. The molecule has 1 aliphatic rings. The highest BCUT2D eigenvalue weighted by Gasteiger charge is 2.12. The molecular weight excluding hydrogens is 328 g/mol. The zero-order valence-electron chi connectivity index (χ0n) is 10.4. The molecule has 0 saturated heterocycles. The quantitative estimate of drug-likeness (QED) is 0.386. The summed E-state index contributed by atoms with van der Waals surface area (Å²) in [5.74, 6) is 0.218. The molecule has 1 atom stereocenters. The first-order chi connectivity index (χ1) is 8.13. The van der Waals surface area contributed by atoms with E-state index in [9.17, 15) is 4.39 Å². The van der Waals surface area contributed by atoms with Crippen LogP contribution in [0.15, 0.2) is 41.4 Å². The third-order valence-electron chi connectivity index (χ3n) is 2.81. The number of hydrogen-bond donors (Lipinski definition) is 0. The molecule has 0 aliphatic heterocycles. The molecule has 17 heavy (non-hydrogen) atoms. The maximum absolute atomic E-state index is 13.0. The van der Waals surface area contributed by atoms with E-state index >= 15 is 0 Å². The summed E-state index contributed by atoms with van der Waals surface area (Å²) in [6, 6.07) is 0. The molecular formula is C14H19FIN. The minimum Gasteiger partial charge on any atom is -0.251 e. The van der Waals surface area contributed by atoms with Crippen molar-refractivity contribution in [3.63, 3.8) is 0 Å². The number of hydrogen-bond acceptors (Lipinski definition) is 1. The zero-order valence-corrected chi connectivity index (χ0v) is 12.6. The Labute approximate surface area is 117 Å². The Morgan fingerprint density at radius 3 is 2.82 bits per heavy atom. The molecule has 0 bridgehead atoms. The third-order valence-corrected chi connectivity index (χ3v) is 3.30. The van der Waals surface area contributed by atoms with Crippen LogP contribution in [-0.4, -0.2) is 16.7 Å².